The van der Waals surface area contributed by atoms with Gasteiger partial charge in [0.05, 0.1) is 18.8 Å². The van der Waals surface area contributed by atoms with Crippen LogP contribution in [0.4, 0.5) is 10.1 Å². The van der Waals surface area contributed by atoms with E-state index in [0.717, 1.165) is 17.4 Å². The summed E-state index contributed by atoms with van der Waals surface area (Å²) in [5.41, 5.74) is 2.77. The Balaban J connectivity index is 2.64. The maximum Gasteiger partial charge on any atom is 0.152 e. The zero-order chi connectivity index (χ0) is 15.0. The predicted octanol–water partition coefficient (Wildman–Crippen LogP) is 3.61. The van der Waals surface area contributed by atoms with Gasteiger partial charge in [-0.05, 0) is 23.5 Å². The molecule has 1 heterocycles. The molecule has 0 aliphatic carbocycles. The molecule has 1 aromatic carbocycles. The molecule has 0 amide bonds. The fourth-order valence-corrected chi connectivity index (χ4v) is 2.76. The molecule has 110 valence electrons. The van der Waals surface area contributed by atoms with Gasteiger partial charge in [0, 0.05) is 11.1 Å². The third-order valence-corrected chi connectivity index (χ3v) is 3.85. The van der Waals surface area contributed by atoms with E-state index in [9.17, 15) is 14.3 Å². The average molecular weight is 279 g/mol. The Bertz CT molecular complexity index is 520. The predicted molar refractivity (Wildman–Crippen MR) is 78.8 cm³/mol. The van der Waals surface area contributed by atoms with Gasteiger partial charge >= 0.3 is 0 Å². The third-order valence-electron chi connectivity index (χ3n) is 3.85. The summed E-state index contributed by atoms with van der Waals surface area (Å²) < 4.78 is 13.1. The largest absolute Gasteiger partial charge is 0.507 e. The number of phenolic OH excluding ortho intramolecular Hbond substituents is 1. The van der Waals surface area contributed by atoms with Crippen molar-refractivity contribution >= 4 is 12.0 Å². The molecule has 0 atom stereocenters. The number of carbonyl (C=O) groups is 1. The quantitative estimate of drug-likeness (QED) is 0.856. The van der Waals surface area contributed by atoms with Crippen LogP contribution in [0, 0.1) is 0 Å². The molecule has 1 aliphatic rings. The Morgan fingerprint density at radius 2 is 1.90 bits per heavy atom. The van der Waals surface area contributed by atoms with Crippen molar-refractivity contribution in [1.82, 2.24) is 0 Å². The number of phenols is 1. The highest BCUT2D eigenvalue weighted by Gasteiger charge is 2.32. The minimum atomic E-state index is -0.846. The van der Waals surface area contributed by atoms with Gasteiger partial charge in [-0.2, -0.15) is 0 Å². The first-order chi connectivity index (χ1) is 9.36. The molecule has 0 aromatic heterocycles. The highest BCUT2D eigenvalue weighted by atomic mass is 19.1. The second kappa shape index (κ2) is 5.43. The second-order valence-electron chi connectivity index (χ2n) is 6.10. The number of benzene rings is 1. The molecule has 20 heavy (non-hydrogen) atoms. The van der Waals surface area contributed by atoms with E-state index in [-0.39, 0.29) is 17.6 Å². The summed E-state index contributed by atoms with van der Waals surface area (Å²) in [5, 5.41) is 10.5. The molecule has 1 N–H and O–H groups in total. The Kier molecular flexibility index (Phi) is 4.02. The van der Waals surface area contributed by atoms with Gasteiger partial charge in [0.1, 0.15) is 11.9 Å². The number of rotatable bonds is 4. The summed E-state index contributed by atoms with van der Waals surface area (Å²) in [5.74, 6) is 0.449. The van der Waals surface area contributed by atoms with Gasteiger partial charge in [0.15, 0.2) is 6.29 Å². The van der Waals surface area contributed by atoms with Crippen molar-refractivity contribution in [2.75, 3.05) is 18.0 Å². The molecule has 2 rings (SSSR count). The number of hydrogen-bond donors (Lipinski definition) is 1. The number of hydrogen-bond acceptors (Lipinski definition) is 3. The lowest BCUT2D eigenvalue weighted by atomic mass is 9.88. The molecule has 0 radical (unpaired) electrons. The van der Waals surface area contributed by atoms with Crippen LogP contribution in [0.1, 0.15) is 61.0 Å². The van der Waals surface area contributed by atoms with Crippen LogP contribution >= 0.6 is 0 Å². The first-order valence-corrected chi connectivity index (χ1v) is 7.10. The third kappa shape index (κ3) is 2.39. The van der Waals surface area contributed by atoms with E-state index >= 15 is 0 Å². The molecule has 4 heteroatoms. The number of alkyl halides is 1. The smallest absolute Gasteiger partial charge is 0.152 e. The first-order valence-electron chi connectivity index (χ1n) is 7.10. The van der Waals surface area contributed by atoms with Gasteiger partial charge in [-0.25, -0.2) is 4.39 Å². The Morgan fingerprint density at radius 3 is 2.30 bits per heavy atom. The normalized spacial score (nSPS) is 15.8. The molecule has 1 aromatic rings. The summed E-state index contributed by atoms with van der Waals surface area (Å²) in [6.07, 6.45) is -0.0422. The lowest BCUT2D eigenvalue weighted by molar-refractivity contribution is 0.112. The summed E-state index contributed by atoms with van der Waals surface area (Å²) in [6.45, 7) is 8.50. The highest BCUT2D eigenvalue weighted by Crippen LogP contribution is 2.43. The van der Waals surface area contributed by atoms with Crippen LogP contribution in [0.5, 0.6) is 5.75 Å². The fraction of sp³-hybridized carbons (Fsp3) is 0.562. The molecule has 0 saturated carbocycles. The first kappa shape index (κ1) is 14.8. The summed E-state index contributed by atoms with van der Waals surface area (Å²) >= 11 is 0. The number of halogens is 1. The van der Waals surface area contributed by atoms with Gasteiger partial charge in [-0.15, -0.1) is 0 Å². The molecule has 0 bridgehead atoms. The maximum absolute atomic E-state index is 13.1. The van der Waals surface area contributed by atoms with Crippen molar-refractivity contribution in [3.8, 4) is 5.75 Å². The van der Waals surface area contributed by atoms with Crippen LogP contribution in [0.25, 0.3) is 0 Å². The van der Waals surface area contributed by atoms with Gasteiger partial charge in [0.2, 0.25) is 0 Å². The summed E-state index contributed by atoms with van der Waals surface area (Å²) in [4.78, 5) is 13.3. The Labute approximate surface area is 119 Å². The molecular formula is C16H22FNO2. The highest BCUT2D eigenvalue weighted by molar-refractivity contribution is 5.89. The summed E-state index contributed by atoms with van der Waals surface area (Å²) in [6, 6.07) is 1.74. The monoisotopic (exact) mass is 279 g/mol. The van der Waals surface area contributed by atoms with Crippen molar-refractivity contribution in [1.29, 1.82) is 0 Å². The SMILES string of the molecule is CC(C)c1cc(C=O)c(N2CC(F)C2)c(C(C)C)c1O. The lowest BCUT2D eigenvalue weighted by Gasteiger charge is -2.39. The van der Waals surface area contributed by atoms with E-state index < -0.39 is 6.17 Å². The molecule has 1 aliphatic heterocycles. The van der Waals surface area contributed by atoms with Crippen LogP contribution in [0.3, 0.4) is 0 Å². The van der Waals surface area contributed by atoms with E-state index in [1.165, 1.54) is 0 Å². The number of nitrogens with zero attached hydrogens (tertiary/aromatic N) is 1. The van der Waals surface area contributed by atoms with Crippen molar-refractivity contribution in [3.63, 3.8) is 0 Å². The molecule has 0 spiro atoms. The zero-order valence-electron chi connectivity index (χ0n) is 12.5. The standard InChI is InChI=1S/C16H22FNO2/c1-9(2)13-5-11(8-19)15(18-6-12(17)7-18)14(10(3)4)16(13)20/h5,8-10,12,20H,6-7H2,1-4H3. The van der Waals surface area contributed by atoms with E-state index in [4.69, 9.17) is 0 Å². The van der Waals surface area contributed by atoms with Crippen molar-refractivity contribution in [2.24, 2.45) is 0 Å². The average Bonchev–Trinajstić information content (AvgIpc) is 2.33. The van der Waals surface area contributed by atoms with E-state index in [1.54, 1.807) is 6.07 Å². The summed E-state index contributed by atoms with van der Waals surface area (Å²) in [7, 11) is 0. The van der Waals surface area contributed by atoms with Crippen molar-refractivity contribution in [3.05, 3.63) is 22.8 Å². The maximum atomic E-state index is 13.1. The number of carbonyl (C=O) groups excluding carboxylic acids is 1. The topological polar surface area (TPSA) is 40.5 Å². The Morgan fingerprint density at radius 1 is 1.30 bits per heavy atom. The Hall–Kier alpha value is -1.58. The van der Waals surface area contributed by atoms with Gasteiger partial charge in [0.25, 0.3) is 0 Å². The van der Waals surface area contributed by atoms with Crippen LogP contribution in [0.15, 0.2) is 6.07 Å². The molecular weight excluding hydrogens is 257 g/mol. The minimum Gasteiger partial charge on any atom is -0.507 e. The molecule has 1 fully saturated rings. The van der Waals surface area contributed by atoms with Crippen LogP contribution in [-0.2, 0) is 0 Å². The van der Waals surface area contributed by atoms with Gasteiger partial charge in [-0.1, -0.05) is 27.7 Å². The van der Waals surface area contributed by atoms with Crippen molar-refractivity contribution in [2.45, 2.75) is 45.7 Å². The second-order valence-corrected chi connectivity index (χ2v) is 6.10. The van der Waals surface area contributed by atoms with Crippen LogP contribution < -0.4 is 4.90 Å². The van der Waals surface area contributed by atoms with E-state index in [0.29, 0.717) is 24.3 Å². The number of aromatic hydroxyl groups is 1. The van der Waals surface area contributed by atoms with Gasteiger partial charge < -0.3 is 10.0 Å². The molecule has 0 unspecified atom stereocenters. The van der Waals surface area contributed by atoms with E-state index in [1.807, 2.05) is 32.6 Å². The fourth-order valence-electron chi connectivity index (χ4n) is 2.76. The van der Waals surface area contributed by atoms with E-state index in [2.05, 4.69) is 0 Å². The number of anilines is 1. The van der Waals surface area contributed by atoms with Gasteiger partial charge in [-0.3, -0.25) is 4.79 Å². The zero-order valence-corrected chi connectivity index (χ0v) is 12.5. The van der Waals surface area contributed by atoms with Crippen LogP contribution in [-0.4, -0.2) is 30.7 Å². The molecule has 3 nitrogen and oxygen atoms in total. The minimum absolute atomic E-state index is 0.0704. The molecule has 1 saturated heterocycles. The lowest BCUT2D eigenvalue weighted by Crippen LogP contribution is -2.49. The van der Waals surface area contributed by atoms with Crippen molar-refractivity contribution < 1.29 is 14.3 Å². The van der Waals surface area contributed by atoms with Crippen LogP contribution in [0.2, 0.25) is 0 Å². The number of aldehydes is 1.